The molecule has 0 saturated heterocycles. The Balaban J connectivity index is 2.06. The number of hydrogen-bond acceptors (Lipinski definition) is 1. The van der Waals surface area contributed by atoms with Gasteiger partial charge in [-0.05, 0) is 69.1 Å². The van der Waals surface area contributed by atoms with Crippen LogP contribution in [0, 0.1) is 40.7 Å². The predicted octanol–water partition coefficient (Wildman–Crippen LogP) is 8.31. The van der Waals surface area contributed by atoms with Gasteiger partial charge in [-0.1, -0.05) is 18.2 Å². The summed E-state index contributed by atoms with van der Waals surface area (Å²) >= 11 is 0. The van der Waals surface area contributed by atoms with Gasteiger partial charge in [0.1, 0.15) is 11.6 Å². The van der Waals surface area contributed by atoms with Gasteiger partial charge in [-0.25, -0.2) is 30.7 Å². The molecule has 0 bridgehead atoms. The highest BCUT2D eigenvalue weighted by Crippen LogP contribution is 2.46. The van der Waals surface area contributed by atoms with Crippen LogP contribution in [0.25, 0.3) is 43.8 Å². The topological polar surface area (TPSA) is 9.23 Å². The van der Waals surface area contributed by atoms with Crippen molar-refractivity contribution in [3.8, 4) is 28.0 Å². The molecule has 0 radical (unpaired) electrons. The van der Waals surface area contributed by atoms with Crippen LogP contribution in [0.1, 0.15) is 0 Å². The first-order valence-corrected chi connectivity index (χ1v) is 10.2. The zero-order chi connectivity index (χ0) is 25.0. The van der Waals surface area contributed by atoms with Gasteiger partial charge >= 0.3 is 0 Å². The summed E-state index contributed by atoms with van der Waals surface area (Å²) in [5.41, 5.74) is -0.913. The molecule has 0 aromatic heterocycles. The molecule has 35 heavy (non-hydrogen) atoms. The Kier molecular flexibility index (Phi) is 5.39. The molecule has 0 fully saturated rings. The lowest BCUT2D eigenvalue weighted by Crippen LogP contribution is -2.01. The Bertz CT molecular complexity index is 1620. The molecule has 0 saturated carbocycles. The van der Waals surface area contributed by atoms with Crippen molar-refractivity contribution in [3.05, 3.63) is 101 Å². The minimum absolute atomic E-state index is 0.00774. The Morgan fingerprint density at radius 1 is 0.486 bits per heavy atom. The minimum atomic E-state index is -1.75. The highest BCUT2D eigenvalue weighted by atomic mass is 19.2. The molecule has 0 atom stereocenters. The van der Waals surface area contributed by atoms with E-state index in [1.807, 2.05) is 0 Å². The second-order valence-corrected chi connectivity index (χ2v) is 7.82. The first-order valence-electron chi connectivity index (χ1n) is 10.2. The van der Waals surface area contributed by atoms with Crippen LogP contribution >= 0.6 is 0 Å². The fraction of sp³-hybridized carbons (Fsp3) is 0.0370. The zero-order valence-electron chi connectivity index (χ0n) is 17.8. The molecule has 0 aliphatic heterocycles. The number of hydrogen-bond donors (Lipinski definition) is 0. The molecule has 0 aliphatic carbocycles. The fourth-order valence-electron chi connectivity index (χ4n) is 4.32. The van der Waals surface area contributed by atoms with Crippen molar-refractivity contribution in [3.63, 3.8) is 0 Å². The molecule has 0 spiro atoms. The van der Waals surface area contributed by atoms with Gasteiger partial charge in [-0.15, -0.1) is 0 Å². The lowest BCUT2D eigenvalue weighted by Gasteiger charge is -2.19. The SMILES string of the molecule is COc1ccc(-c2c3ccc(F)cc3c(-c3c(F)c(F)cc(F)c3F)c3cc(F)c(F)cc23)cc1. The van der Waals surface area contributed by atoms with E-state index in [4.69, 9.17) is 4.74 Å². The van der Waals surface area contributed by atoms with Gasteiger partial charge in [0.25, 0.3) is 0 Å². The molecule has 5 aromatic carbocycles. The summed E-state index contributed by atoms with van der Waals surface area (Å²) in [6.45, 7) is 0. The van der Waals surface area contributed by atoms with Crippen LogP contribution in [0.4, 0.5) is 30.7 Å². The van der Waals surface area contributed by atoms with Crippen LogP contribution in [0.5, 0.6) is 5.75 Å². The summed E-state index contributed by atoms with van der Waals surface area (Å²) in [7, 11) is 1.46. The highest BCUT2D eigenvalue weighted by Gasteiger charge is 2.27. The van der Waals surface area contributed by atoms with E-state index < -0.39 is 51.8 Å². The molecule has 0 N–H and O–H groups in total. The van der Waals surface area contributed by atoms with Crippen molar-refractivity contribution in [1.29, 1.82) is 0 Å². The van der Waals surface area contributed by atoms with E-state index in [9.17, 15) is 30.7 Å². The third-order valence-corrected chi connectivity index (χ3v) is 5.86. The Morgan fingerprint density at radius 3 is 1.60 bits per heavy atom. The molecule has 8 heteroatoms. The summed E-state index contributed by atoms with van der Waals surface area (Å²) < 4.78 is 106. The van der Waals surface area contributed by atoms with Crippen LogP contribution < -0.4 is 4.74 Å². The van der Waals surface area contributed by atoms with Crippen molar-refractivity contribution in [1.82, 2.24) is 0 Å². The van der Waals surface area contributed by atoms with Crippen LogP contribution in [0.15, 0.2) is 60.7 Å². The standard InChI is InChI=1S/C27H13F7O/c1-35-14-5-2-12(3-6-14)23-15-7-4-13(28)8-16(15)24(18-10-20(30)19(29)9-17(18)23)25-26(33)21(31)11-22(32)27(25)34/h2-11H,1H3. The van der Waals surface area contributed by atoms with Gasteiger partial charge in [0, 0.05) is 11.6 Å². The van der Waals surface area contributed by atoms with Gasteiger partial charge < -0.3 is 4.74 Å². The molecule has 0 amide bonds. The summed E-state index contributed by atoms with van der Waals surface area (Å²) in [5, 5.41) is -0.243. The smallest absolute Gasteiger partial charge is 0.169 e. The molecule has 5 aromatic rings. The molecule has 5 rings (SSSR count). The first-order chi connectivity index (χ1) is 16.7. The number of benzene rings is 5. The van der Waals surface area contributed by atoms with E-state index in [1.54, 1.807) is 24.3 Å². The Labute approximate surface area is 194 Å². The number of methoxy groups -OCH3 is 1. The lowest BCUT2D eigenvalue weighted by molar-refractivity contribution is 0.415. The number of fused-ring (bicyclic) bond motifs is 2. The molecular formula is C27H13F7O. The quantitative estimate of drug-likeness (QED) is 0.142. The second-order valence-electron chi connectivity index (χ2n) is 7.82. The van der Waals surface area contributed by atoms with Crippen molar-refractivity contribution in [2.24, 2.45) is 0 Å². The van der Waals surface area contributed by atoms with Crippen LogP contribution in [0.3, 0.4) is 0 Å². The van der Waals surface area contributed by atoms with Crippen molar-refractivity contribution in [2.75, 3.05) is 7.11 Å². The summed E-state index contributed by atoms with van der Waals surface area (Å²) in [5.74, 6) is -9.84. The van der Waals surface area contributed by atoms with Crippen LogP contribution in [-0.2, 0) is 0 Å². The number of halogens is 7. The van der Waals surface area contributed by atoms with Gasteiger partial charge in [0.05, 0.1) is 12.7 Å². The largest absolute Gasteiger partial charge is 0.497 e. The second kappa shape index (κ2) is 8.30. The molecule has 176 valence electrons. The van der Waals surface area contributed by atoms with E-state index in [0.717, 1.165) is 18.2 Å². The van der Waals surface area contributed by atoms with Crippen LogP contribution in [0.2, 0.25) is 0 Å². The van der Waals surface area contributed by atoms with E-state index in [-0.39, 0.29) is 33.2 Å². The lowest BCUT2D eigenvalue weighted by atomic mass is 9.85. The molecule has 1 nitrogen and oxygen atoms in total. The summed E-state index contributed by atoms with van der Waals surface area (Å²) in [6, 6.07) is 11.2. The van der Waals surface area contributed by atoms with Gasteiger partial charge in [-0.2, -0.15) is 0 Å². The van der Waals surface area contributed by atoms with Crippen molar-refractivity contribution >= 4 is 21.5 Å². The zero-order valence-corrected chi connectivity index (χ0v) is 17.8. The highest BCUT2D eigenvalue weighted by molar-refractivity contribution is 6.21. The maximum atomic E-state index is 14.9. The van der Waals surface area contributed by atoms with Crippen LogP contribution in [-0.4, -0.2) is 7.11 Å². The minimum Gasteiger partial charge on any atom is -0.497 e. The van der Waals surface area contributed by atoms with E-state index in [0.29, 0.717) is 17.4 Å². The van der Waals surface area contributed by atoms with Gasteiger partial charge in [-0.3, -0.25) is 0 Å². The maximum Gasteiger partial charge on any atom is 0.169 e. The van der Waals surface area contributed by atoms with Gasteiger partial charge in [0.15, 0.2) is 34.9 Å². The normalized spacial score (nSPS) is 11.4. The van der Waals surface area contributed by atoms with E-state index >= 15 is 0 Å². The summed E-state index contributed by atoms with van der Waals surface area (Å²) in [4.78, 5) is 0. The molecule has 0 aliphatic rings. The Hall–Kier alpha value is -4.07. The average molecular weight is 486 g/mol. The summed E-state index contributed by atoms with van der Waals surface area (Å²) in [6.07, 6.45) is 0. The third-order valence-electron chi connectivity index (χ3n) is 5.86. The fourth-order valence-corrected chi connectivity index (χ4v) is 4.32. The molecule has 0 unspecified atom stereocenters. The third kappa shape index (κ3) is 3.56. The van der Waals surface area contributed by atoms with Gasteiger partial charge in [0.2, 0.25) is 0 Å². The van der Waals surface area contributed by atoms with E-state index in [2.05, 4.69) is 0 Å². The first kappa shape index (κ1) is 22.7. The monoisotopic (exact) mass is 486 g/mol. The molecule has 0 heterocycles. The maximum absolute atomic E-state index is 14.9. The molecular weight excluding hydrogens is 473 g/mol. The number of ether oxygens (including phenoxy) is 1. The van der Waals surface area contributed by atoms with Crippen molar-refractivity contribution < 1.29 is 35.5 Å². The number of rotatable bonds is 3. The van der Waals surface area contributed by atoms with E-state index in [1.165, 1.54) is 13.2 Å². The Morgan fingerprint density at radius 2 is 1.03 bits per heavy atom. The predicted molar refractivity (Wildman–Crippen MR) is 119 cm³/mol. The average Bonchev–Trinajstić information content (AvgIpc) is 2.84. The van der Waals surface area contributed by atoms with Crippen molar-refractivity contribution in [2.45, 2.75) is 0 Å².